The van der Waals surface area contributed by atoms with Gasteiger partial charge in [-0.3, -0.25) is 9.97 Å². The van der Waals surface area contributed by atoms with Crippen molar-refractivity contribution in [2.75, 3.05) is 7.11 Å². The van der Waals surface area contributed by atoms with Crippen LogP contribution in [0.15, 0.2) is 0 Å². The lowest BCUT2D eigenvalue weighted by atomic mass is 10.2. The first-order valence-corrected chi connectivity index (χ1v) is 5.22. The molecule has 0 radical (unpaired) electrons. The highest BCUT2D eigenvalue weighted by atomic mass is 31.2. The molecule has 1 atom stereocenters. The van der Waals surface area contributed by atoms with Gasteiger partial charge in [-0.25, -0.2) is 0 Å². The second-order valence-electron chi connectivity index (χ2n) is 2.60. The van der Waals surface area contributed by atoms with Gasteiger partial charge in [0.1, 0.15) is 0 Å². The Kier molecular flexibility index (Phi) is 4.45. The van der Waals surface area contributed by atoms with E-state index < -0.39 is 13.3 Å². The van der Waals surface area contributed by atoms with Crippen LogP contribution in [0.4, 0.5) is 0 Å². The number of nitrogens with one attached hydrogen (secondary N) is 1. The van der Waals surface area contributed by atoms with Crippen LogP contribution in [0, 0.1) is 5.41 Å². The standard InChI is InChI=1S/C6H14NO4P/c1-5(12(8,9)10)3-4-6(7)11-2/h5,7H,3-4H2,1-2H3,(H2,8,9,10). The van der Waals surface area contributed by atoms with Gasteiger partial charge in [0.05, 0.1) is 12.8 Å². The molecule has 0 aromatic heterocycles. The molecule has 0 aromatic rings. The van der Waals surface area contributed by atoms with Crippen molar-refractivity contribution in [2.45, 2.75) is 25.4 Å². The third-order valence-electron chi connectivity index (χ3n) is 1.61. The molecule has 5 nitrogen and oxygen atoms in total. The van der Waals surface area contributed by atoms with Crippen molar-refractivity contribution in [2.24, 2.45) is 0 Å². The molecular weight excluding hydrogens is 181 g/mol. The van der Waals surface area contributed by atoms with Crippen molar-refractivity contribution < 1.29 is 19.1 Å². The van der Waals surface area contributed by atoms with Gasteiger partial charge in [0.25, 0.3) is 0 Å². The predicted molar refractivity (Wildman–Crippen MR) is 45.5 cm³/mol. The van der Waals surface area contributed by atoms with Crippen molar-refractivity contribution in [1.29, 1.82) is 5.41 Å². The van der Waals surface area contributed by atoms with Crippen LogP contribution in [0.1, 0.15) is 19.8 Å². The van der Waals surface area contributed by atoms with E-state index in [2.05, 4.69) is 4.74 Å². The minimum atomic E-state index is -3.98. The molecule has 0 heterocycles. The van der Waals surface area contributed by atoms with E-state index in [1.807, 2.05) is 0 Å². The first-order chi connectivity index (χ1) is 5.38. The molecule has 0 spiro atoms. The molecule has 0 aliphatic rings. The summed E-state index contributed by atoms with van der Waals surface area (Å²) >= 11 is 0. The van der Waals surface area contributed by atoms with Crippen molar-refractivity contribution in [1.82, 2.24) is 0 Å². The van der Waals surface area contributed by atoms with Gasteiger partial charge in [0.2, 0.25) is 0 Å². The highest BCUT2D eigenvalue weighted by Crippen LogP contribution is 2.42. The molecule has 0 aliphatic carbocycles. The molecule has 0 bridgehead atoms. The Hall–Kier alpha value is -0.380. The summed E-state index contributed by atoms with van der Waals surface area (Å²) in [5.74, 6) is 0.0512. The molecule has 0 amide bonds. The van der Waals surface area contributed by atoms with Gasteiger partial charge in [0.15, 0.2) is 5.90 Å². The fourth-order valence-electron chi connectivity index (χ4n) is 0.610. The Labute approximate surface area is 71.4 Å². The van der Waals surface area contributed by atoms with E-state index in [9.17, 15) is 4.57 Å². The van der Waals surface area contributed by atoms with Gasteiger partial charge in [0, 0.05) is 6.42 Å². The van der Waals surface area contributed by atoms with Gasteiger partial charge in [-0.15, -0.1) is 0 Å². The first-order valence-electron chi connectivity index (χ1n) is 3.54. The number of rotatable bonds is 4. The van der Waals surface area contributed by atoms with Crippen LogP contribution in [-0.2, 0) is 9.30 Å². The van der Waals surface area contributed by atoms with E-state index in [4.69, 9.17) is 15.2 Å². The zero-order valence-corrected chi connectivity index (χ0v) is 8.04. The number of ether oxygens (including phenoxy) is 1. The van der Waals surface area contributed by atoms with Crippen molar-refractivity contribution >= 4 is 13.5 Å². The van der Waals surface area contributed by atoms with Crippen LogP contribution < -0.4 is 0 Å². The molecule has 0 rings (SSSR count). The molecule has 0 aliphatic heterocycles. The van der Waals surface area contributed by atoms with E-state index in [0.29, 0.717) is 0 Å². The summed E-state index contributed by atoms with van der Waals surface area (Å²) in [7, 11) is -2.61. The lowest BCUT2D eigenvalue weighted by Crippen LogP contribution is -2.07. The summed E-state index contributed by atoms with van der Waals surface area (Å²) in [6.45, 7) is 1.46. The quantitative estimate of drug-likeness (QED) is 0.354. The van der Waals surface area contributed by atoms with Crippen LogP contribution in [-0.4, -0.2) is 28.5 Å². The lowest BCUT2D eigenvalue weighted by molar-refractivity contribution is 0.354. The maximum absolute atomic E-state index is 10.6. The Morgan fingerprint density at radius 3 is 2.50 bits per heavy atom. The maximum atomic E-state index is 10.6. The predicted octanol–water partition coefficient (Wildman–Crippen LogP) is 0.956. The van der Waals surface area contributed by atoms with Crippen molar-refractivity contribution in [3.8, 4) is 0 Å². The van der Waals surface area contributed by atoms with E-state index in [1.54, 1.807) is 0 Å². The Bertz CT molecular complexity index is 200. The monoisotopic (exact) mass is 195 g/mol. The second-order valence-corrected chi connectivity index (χ2v) is 4.66. The van der Waals surface area contributed by atoms with Gasteiger partial charge >= 0.3 is 7.60 Å². The third kappa shape index (κ3) is 4.49. The average Bonchev–Trinajstić information content (AvgIpc) is 1.97. The molecule has 3 N–H and O–H groups in total. The Morgan fingerprint density at radius 1 is 1.67 bits per heavy atom. The van der Waals surface area contributed by atoms with Crippen LogP contribution in [0.3, 0.4) is 0 Å². The maximum Gasteiger partial charge on any atom is 0.328 e. The molecular formula is C6H14NO4P. The molecule has 0 fully saturated rings. The minimum Gasteiger partial charge on any atom is -0.484 e. The third-order valence-corrected chi connectivity index (χ3v) is 3.02. The fraction of sp³-hybridized carbons (Fsp3) is 0.833. The second kappa shape index (κ2) is 4.60. The zero-order chi connectivity index (χ0) is 9.78. The molecule has 12 heavy (non-hydrogen) atoms. The summed E-state index contributed by atoms with van der Waals surface area (Å²) in [5, 5.41) is 7.06. The molecule has 0 saturated heterocycles. The van der Waals surface area contributed by atoms with Crippen LogP contribution in [0.5, 0.6) is 0 Å². The molecule has 1 unspecified atom stereocenters. The van der Waals surface area contributed by atoms with E-state index >= 15 is 0 Å². The SMILES string of the molecule is COC(=N)CCC(C)P(=O)(O)O. The molecule has 0 aromatic carbocycles. The summed E-state index contributed by atoms with van der Waals surface area (Å²) in [4.78, 5) is 17.3. The van der Waals surface area contributed by atoms with Crippen LogP contribution >= 0.6 is 7.60 Å². The lowest BCUT2D eigenvalue weighted by Gasteiger charge is -2.12. The number of methoxy groups -OCH3 is 1. The first kappa shape index (κ1) is 11.6. The highest BCUT2D eigenvalue weighted by Gasteiger charge is 2.23. The summed E-state index contributed by atoms with van der Waals surface area (Å²) in [5.41, 5.74) is -0.701. The van der Waals surface area contributed by atoms with Crippen LogP contribution in [0.2, 0.25) is 0 Å². The smallest absolute Gasteiger partial charge is 0.328 e. The highest BCUT2D eigenvalue weighted by molar-refractivity contribution is 7.52. The van der Waals surface area contributed by atoms with E-state index in [-0.39, 0.29) is 18.7 Å². The summed E-state index contributed by atoms with van der Waals surface area (Å²) in [6.07, 6.45) is 0.541. The Balaban J connectivity index is 3.80. The number of hydrogen-bond donors (Lipinski definition) is 3. The largest absolute Gasteiger partial charge is 0.484 e. The topological polar surface area (TPSA) is 90.6 Å². The van der Waals surface area contributed by atoms with Gasteiger partial charge in [-0.1, -0.05) is 6.92 Å². The van der Waals surface area contributed by atoms with E-state index in [0.717, 1.165) is 0 Å². The zero-order valence-electron chi connectivity index (χ0n) is 7.15. The summed E-state index contributed by atoms with van der Waals surface area (Å²) in [6, 6.07) is 0. The van der Waals surface area contributed by atoms with E-state index in [1.165, 1.54) is 14.0 Å². The normalized spacial score (nSPS) is 14.0. The molecule has 6 heteroatoms. The minimum absolute atomic E-state index is 0.0512. The number of hydrogen-bond acceptors (Lipinski definition) is 3. The molecule has 72 valence electrons. The fourth-order valence-corrected chi connectivity index (χ4v) is 1.08. The van der Waals surface area contributed by atoms with Crippen LogP contribution in [0.25, 0.3) is 0 Å². The van der Waals surface area contributed by atoms with Gasteiger partial charge in [-0.2, -0.15) is 0 Å². The molecule has 0 saturated carbocycles. The van der Waals surface area contributed by atoms with Gasteiger partial charge < -0.3 is 14.5 Å². The summed E-state index contributed by atoms with van der Waals surface area (Å²) < 4.78 is 15.2. The average molecular weight is 195 g/mol. The van der Waals surface area contributed by atoms with Crippen molar-refractivity contribution in [3.63, 3.8) is 0 Å². The Morgan fingerprint density at radius 2 is 2.17 bits per heavy atom. The van der Waals surface area contributed by atoms with Crippen molar-refractivity contribution in [3.05, 3.63) is 0 Å². The van der Waals surface area contributed by atoms with Gasteiger partial charge in [-0.05, 0) is 6.42 Å².